The third kappa shape index (κ3) is 4.98. The van der Waals surface area contributed by atoms with Crippen LogP contribution in [0.25, 0.3) is 21.9 Å². The molecule has 0 radical (unpaired) electrons. The molecule has 2 nitrogen and oxygen atoms in total. The van der Waals surface area contributed by atoms with E-state index in [0.717, 1.165) is 34.1 Å². The van der Waals surface area contributed by atoms with E-state index in [-0.39, 0.29) is 5.41 Å². The third-order valence-electron chi connectivity index (χ3n) is 12.7. The number of benzene rings is 9. The van der Waals surface area contributed by atoms with Crippen molar-refractivity contribution in [3.63, 3.8) is 0 Å². The van der Waals surface area contributed by atoms with Crippen LogP contribution in [-0.4, -0.2) is 0 Å². The quantitative estimate of drug-likeness (QED) is 0.167. The average Bonchev–Trinajstić information content (AvgIpc) is 3.59. The lowest BCUT2D eigenvalue weighted by Crippen LogP contribution is -2.40. The van der Waals surface area contributed by atoms with Gasteiger partial charge in [-0.2, -0.15) is 0 Å². The highest BCUT2D eigenvalue weighted by molar-refractivity contribution is 5.98. The molecule has 0 unspecified atom stereocenters. The summed E-state index contributed by atoms with van der Waals surface area (Å²) in [6.45, 7) is 4.77. The fourth-order valence-corrected chi connectivity index (χ4v) is 10.2. The van der Waals surface area contributed by atoms with E-state index in [2.05, 4.69) is 242 Å². The molecule has 0 aliphatic heterocycles. The van der Waals surface area contributed by atoms with Gasteiger partial charge in [-0.3, -0.25) is 0 Å². The van der Waals surface area contributed by atoms with Crippen LogP contribution in [0.4, 0.5) is 34.1 Å². The largest absolute Gasteiger partial charge is 0.310 e. The van der Waals surface area contributed by atoms with Gasteiger partial charge in [-0.15, -0.1) is 0 Å². The van der Waals surface area contributed by atoms with Gasteiger partial charge in [0, 0.05) is 39.4 Å². The molecule has 0 atom stereocenters. The number of fused-ring (bicyclic) bond motifs is 10. The Balaban J connectivity index is 1.12. The number of para-hydroxylation sites is 2. The first-order chi connectivity index (χ1) is 28.5. The van der Waals surface area contributed by atoms with E-state index >= 15 is 0 Å². The fraction of sp³-hybridized carbons (Fsp3) is 0.0714. The van der Waals surface area contributed by atoms with Crippen LogP contribution in [0.1, 0.15) is 47.2 Å². The van der Waals surface area contributed by atoms with Gasteiger partial charge in [0.25, 0.3) is 0 Å². The maximum atomic E-state index is 2.45. The molecule has 0 aromatic heterocycles. The molecule has 0 bridgehead atoms. The number of hydrogen-bond donors (Lipinski definition) is 0. The molecule has 11 rings (SSSR count). The molecule has 2 heteroatoms. The van der Waals surface area contributed by atoms with Crippen LogP contribution in [0, 0.1) is 0 Å². The Kier molecular flexibility index (Phi) is 7.78. The summed E-state index contributed by atoms with van der Waals surface area (Å²) in [5, 5.41) is 2.45. The summed E-state index contributed by atoms with van der Waals surface area (Å²) < 4.78 is 0. The van der Waals surface area contributed by atoms with Gasteiger partial charge in [0.2, 0.25) is 0 Å². The summed E-state index contributed by atoms with van der Waals surface area (Å²) >= 11 is 0. The molecule has 1 spiro atoms. The lowest BCUT2D eigenvalue weighted by atomic mass is 9.55. The van der Waals surface area contributed by atoms with Crippen LogP contribution in [-0.2, 0) is 10.8 Å². The van der Waals surface area contributed by atoms with Crippen LogP contribution in [0.15, 0.2) is 218 Å². The van der Waals surface area contributed by atoms with Crippen molar-refractivity contribution in [2.24, 2.45) is 0 Å². The number of anilines is 6. The first-order valence-electron chi connectivity index (χ1n) is 20.3. The van der Waals surface area contributed by atoms with Crippen molar-refractivity contribution < 1.29 is 0 Å². The summed E-state index contributed by atoms with van der Waals surface area (Å²) in [6.07, 6.45) is 0. The maximum absolute atomic E-state index is 2.45. The fourth-order valence-electron chi connectivity index (χ4n) is 10.2. The Morgan fingerprint density at radius 2 is 0.759 bits per heavy atom. The van der Waals surface area contributed by atoms with Crippen molar-refractivity contribution in [3.8, 4) is 11.1 Å². The third-order valence-corrected chi connectivity index (χ3v) is 12.7. The van der Waals surface area contributed by atoms with Crippen LogP contribution >= 0.6 is 0 Å². The smallest absolute Gasteiger partial charge is 0.0720 e. The van der Waals surface area contributed by atoms with Gasteiger partial charge in [-0.25, -0.2) is 0 Å². The first-order valence-corrected chi connectivity index (χ1v) is 20.3. The summed E-state index contributed by atoms with van der Waals surface area (Å²) in [5.41, 5.74) is 16.8. The highest BCUT2D eigenvalue weighted by Gasteiger charge is 2.53. The van der Waals surface area contributed by atoms with E-state index in [1.807, 2.05) is 0 Å². The predicted molar refractivity (Wildman–Crippen MR) is 243 cm³/mol. The van der Waals surface area contributed by atoms with Gasteiger partial charge in [0.05, 0.1) is 11.1 Å². The Morgan fingerprint density at radius 1 is 0.310 bits per heavy atom. The van der Waals surface area contributed by atoms with Gasteiger partial charge in [0.1, 0.15) is 0 Å². The molecule has 9 aromatic carbocycles. The van der Waals surface area contributed by atoms with E-state index in [9.17, 15) is 0 Å². The second-order valence-corrected chi connectivity index (χ2v) is 16.1. The Bertz CT molecular complexity index is 2930. The molecule has 0 amide bonds. The van der Waals surface area contributed by atoms with Gasteiger partial charge < -0.3 is 9.80 Å². The summed E-state index contributed by atoms with van der Waals surface area (Å²) in [4.78, 5) is 4.80. The minimum absolute atomic E-state index is 0.147. The van der Waals surface area contributed by atoms with E-state index < -0.39 is 5.41 Å². The lowest BCUT2D eigenvalue weighted by Gasteiger charge is -2.46. The molecule has 0 fully saturated rings. The second-order valence-electron chi connectivity index (χ2n) is 16.1. The van der Waals surface area contributed by atoms with Crippen LogP contribution in [0.2, 0.25) is 0 Å². The normalized spacial score (nSPS) is 14.0. The highest BCUT2D eigenvalue weighted by atomic mass is 15.2. The summed E-state index contributed by atoms with van der Waals surface area (Å²) in [7, 11) is 0. The van der Waals surface area contributed by atoms with Gasteiger partial charge in [-0.1, -0.05) is 166 Å². The number of nitrogens with zero attached hydrogens (tertiary/aromatic N) is 2. The molecular formula is C56H42N2. The van der Waals surface area contributed by atoms with E-state index in [4.69, 9.17) is 0 Å². The van der Waals surface area contributed by atoms with Crippen molar-refractivity contribution in [2.75, 3.05) is 9.80 Å². The standard InChI is InChI=1S/C56H42N2/c1-55(2)48-26-13-15-28-50(48)56(51-29-16-14-27-49(51)55)47-25-12-11-24-46(47)54-52(56)30-17-31-53(54)58(42-22-7-4-8-23-42)44-36-34-43(35-37-44)57(41-20-5-3-6-21-41)45-33-32-39-18-9-10-19-40(39)38-45/h3-38H,1-2H3. The summed E-state index contributed by atoms with van der Waals surface area (Å²) in [5.74, 6) is 0. The van der Waals surface area contributed by atoms with Crippen LogP contribution < -0.4 is 9.80 Å². The van der Waals surface area contributed by atoms with E-state index in [1.54, 1.807) is 0 Å². The molecule has 276 valence electrons. The van der Waals surface area contributed by atoms with Gasteiger partial charge >= 0.3 is 0 Å². The minimum atomic E-state index is -0.465. The molecule has 0 N–H and O–H groups in total. The molecular weight excluding hydrogens is 701 g/mol. The highest BCUT2D eigenvalue weighted by Crippen LogP contribution is 2.64. The molecule has 2 aliphatic rings. The van der Waals surface area contributed by atoms with Crippen molar-refractivity contribution in [3.05, 3.63) is 252 Å². The van der Waals surface area contributed by atoms with Crippen LogP contribution in [0.3, 0.4) is 0 Å². The zero-order chi connectivity index (χ0) is 38.8. The molecule has 58 heavy (non-hydrogen) atoms. The average molecular weight is 743 g/mol. The number of rotatable bonds is 6. The second kappa shape index (κ2) is 13.2. The number of hydrogen-bond acceptors (Lipinski definition) is 2. The molecule has 0 saturated carbocycles. The Morgan fingerprint density at radius 3 is 1.40 bits per heavy atom. The van der Waals surface area contributed by atoms with E-state index in [0.29, 0.717) is 0 Å². The van der Waals surface area contributed by atoms with E-state index in [1.165, 1.54) is 55.3 Å². The van der Waals surface area contributed by atoms with Crippen molar-refractivity contribution >= 4 is 44.9 Å². The van der Waals surface area contributed by atoms with Crippen molar-refractivity contribution in [1.82, 2.24) is 0 Å². The Hall–Kier alpha value is -7.16. The minimum Gasteiger partial charge on any atom is -0.310 e. The van der Waals surface area contributed by atoms with Crippen molar-refractivity contribution in [2.45, 2.75) is 24.7 Å². The van der Waals surface area contributed by atoms with Gasteiger partial charge in [-0.05, 0) is 116 Å². The predicted octanol–water partition coefficient (Wildman–Crippen LogP) is 14.8. The zero-order valence-corrected chi connectivity index (χ0v) is 32.7. The van der Waals surface area contributed by atoms with Gasteiger partial charge in [0.15, 0.2) is 0 Å². The van der Waals surface area contributed by atoms with Crippen molar-refractivity contribution in [1.29, 1.82) is 0 Å². The molecule has 0 heterocycles. The summed E-state index contributed by atoms with van der Waals surface area (Å²) in [6, 6.07) is 80.3. The monoisotopic (exact) mass is 742 g/mol. The zero-order valence-electron chi connectivity index (χ0n) is 32.7. The molecule has 2 aliphatic carbocycles. The topological polar surface area (TPSA) is 6.48 Å². The van der Waals surface area contributed by atoms with Crippen LogP contribution in [0.5, 0.6) is 0 Å². The SMILES string of the molecule is CC1(C)c2ccccc2C2(c3ccccc3-c3c(N(c4ccccc4)c4ccc(N(c5ccccc5)c5ccc6ccccc6c5)cc4)cccc32)c2ccccc21. The first kappa shape index (κ1) is 34.1. The molecule has 0 saturated heterocycles. The Labute approximate surface area is 340 Å². The lowest BCUT2D eigenvalue weighted by molar-refractivity contribution is 0.563. The maximum Gasteiger partial charge on any atom is 0.0720 e. The molecule has 9 aromatic rings.